The summed E-state index contributed by atoms with van der Waals surface area (Å²) in [5.41, 5.74) is 2.58. The van der Waals surface area contributed by atoms with Crippen LogP contribution < -0.4 is 4.74 Å². The van der Waals surface area contributed by atoms with Crippen molar-refractivity contribution in [3.8, 4) is 5.75 Å². The number of benzene rings is 1. The Labute approximate surface area is 80.5 Å². The fraction of sp³-hybridized carbons (Fsp3) is 0.400. The van der Waals surface area contributed by atoms with Gasteiger partial charge in [0.2, 0.25) is 0 Å². The van der Waals surface area contributed by atoms with Crippen molar-refractivity contribution in [3.05, 3.63) is 28.8 Å². The number of hydrogen-bond donors (Lipinski definition) is 0. The summed E-state index contributed by atoms with van der Waals surface area (Å²) in [7, 11) is 0. The van der Waals surface area contributed by atoms with Gasteiger partial charge < -0.3 is 4.74 Å². The molecular weight excluding hydrogens is 193 g/mol. The lowest BCUT2D eigenvalue weighted by Crippen LogP contribution is -2.17. The first-order valence-electron chi connectivity index (χ1n) is 4.13. The van der Waals surface area contributed by atoms with Gasteiger partial charge in [-0.3, -0.25) is 0 Å². The van der Waals surface area contributed by atoms with Crippen LogP contribution >= 0.6 is 0 Å². The first-order chi connectivity index (χ1) is 6.29. The van der Waals surface area contributed by atoms with Crippen LogP contribution in [-0.4, -0.2) is 6.36 Å². The summed E-state index contributed by atoms with van der Waals surface area (Å²) >= 11 is 0. The molecule has 1 rings (SSSR count). The topological polar surface area (TPSA) is 9.23 Å². The van der Waals surface area contributed by atoms with Gasteiger partial charge in [-0.25, -0.2) is 0 Å². The van der Waals surface area contributed by atoms with Crippen LogP contribution in [0, 0.1) is 20.8 Å². The van der Waals surface area contributed by atoms with E-state index in [4.69, 9.17) is 0 Å². The average Bonchev–Trinajstić information content (AvgIpc) is 1.96. The van der Waals surface area contributed by atoms with Gasteiger partial charge in [0.1, 0.15) is 5.75 Å². The Balaban J connectivity index is 3.02. The smallest absolute Gasteiger partial charge is 0.406 e. The van der Waals surface area contributed by atoms with Gasteiger partial charge in [-0.05, 0) is 49.6 Å². The molecule has 14 heavy (non-hydrogen) atoms. The first kappa shape index (κ1) is 10.9. The molecule has 78 valence electrons. The molecule has 0 bridgehead atoms. The van der Waals surface area contributed by atoms with Crippen molar-refractivity contribution in [2.45, 2.75) is 27.1 Å². The van der Waals surface area contributed by atoms with Gasteiger partial charge in [-0.2, -0.15) is 0 Å². The second-order valence-electron chi connectivity index (χ2n) is 3.23. The molecule has 0 fully saturated rings. The van der Waals surface area contributed by atoms with Crippen molar-refractivity contribution >= 4 is 0 Å². The Bertz CT molecular complexity index is 319. The minimum absolute atomic E-state index is 0.155. The lowest BCUT2D eigenvalue weighted by molar-refractivity contribution is -0.274. The van der Waals surface area contributed by atoms with Crippen LogP contribution in [0.1, 0.15) is 16.7 Å². The second-order valence-corrected chi connectivity index (χ2v) is 3.23. The molecule has 0 unspecified atom stereocenters. The molecule has 0 amide bonds. The minimum atomic E-state index is -4.62. The maximum atomic E-state index is 11.9. The molecule has 0 N–H and O–H groups in total. The number of rotatable bonds is 1. The summed E-state index contributed by atoms with van der Waals surface area (Å²) in [5.74, 6) is -0.155. The normalized spacial score (nSPS) is 11.6. The molecule has 0 saturated carbocycles. The zero-order valence-electron chi connectivity index (χ0n) is 8.20. The standard InChI is InChI=1S/C10H11F3O/c1-6-4-9(14-10(11,12)13)5-7(2)8(6)3/h4-5H,1-3H3. The number of hydrogen-bond acceptors (Lipinski definition) is 1. The predicted molar refractivity (Wildman–Crippen MR) is 47.3 cm³/mol. The molecule has 0 aliphatic rings. The quantitative estimate of drug-likeness (QED) is 0.680. The van der Waals surface area contributed by atoms with Crippen LogP contribution in [0.15, 0.2) is 12.1 Å². The molecule has 0 aliphatic carbocycles. The number of aryl methyl sites for hydroxylation is 2. The lowest BCUT2D eigenvalue weighted by atomic mass is 10.0. The third kappa shape index (κ3) is 2.65. The second kappa shape index (κ2) is 3.52. The summed E-state index contributed by atoms with van der Waals surface area (Å²) in [6.45, 7) is 5.37. The maximum Gasteiger partial charge on any atom is 0.573 e. The van der Waals surface area contributed by atoms with Gasteiger partial charge >= 0.3 is 6.36 Å². The highest BCUT2D eigenvalue weighted by Crippen LogP contribution is 2.26. The average molecular weight is 204 g/mol. The van der Waals surface area contributed by atoms with E-state index in [1.807, 2.05) is 6.92 Å². The van der Waals surface area contributed by atoms with Gasteiger partial charge in [-0.15, -0.1) is 13.2 Å². The molecule has 1 aromatic carbocycles. The summed E-state index contributed by atoms with van der Waals surface area (Å²) in [6, 6.07) is 2.77. The zero-order valence-corrected chi connectivity index (χ0v) is 8.20. The van der Waals surface area contributed by atoms with E-state index < -0.39 is 6.36 Å². The SMILES string of the molecule is Cc1cc(OC(F)(F)F)cc(C)c1C. The number of ether oxygens (including phenoxy) is 1. The molecule has 0 heterocycles. The molecular formula is C10H11F3O. The van der Waals surface area contributed by atoms with E-state index in [2.05, 4.69) is 4.74 Å². The summed E-state index contributed by atoms with van der Waals surface area (Å²) < 4.78 is 39.5. The van der Waals surface area contributed by atoms with Crippen molar-refractivity contribution in [2.24, 2.45) is 0 Å². The molecule has 4 heteroatoms. The fourth-order valence-corrected chi connectivity index (χ4v) is 1.19. The Kier molecular flexibility index (Phi) is 2.73. The third-order valence-corrected chi connectivity index (χ3v) is 2.13. The van der Waals surface area contributed by atoms with E-state index in [1.165, 1.54) is 12.1 Å². The van der Waals surface area contributed by atoms with Crippen LogP contribution in [0.3, 0.4) is 0 Å². The van der Waals surface area contributed by atoms with Crippen molar-refractivity contribution in [2.75, 3.05) is 0 Å². The van der Waals surface area contributed by atoms with E-state index >= 15 is 0 Å². The Morgan fingerprint density at radius 1 is 1.00 bits per heavy atom. The summed E-state index contributed by atoms with van der Waals surface area (Å²) in [5, 5.41) is 0. The van der Waals surface area contributed by atoms with Crippen LogP contribution in [0.25, 0.3) is 0 Å². The van der Waals surface area contributed by atoms with Gasteiger partial charge in [0.15, 0.2) is 0 Å². The zero-order chi connectivity index (χ0) is 10.9. The molecule has 0 aliphatic heterocycles. The van der Waals surface area contributed by atoms with Crippen molar-refractivity contribution in [1.82, 2.24) is 0 Å². The largest absolute Gasteiger partial charge is 0.573 e. The molecule has 0 atom stereocenters. The van der Waals surface area contributed by atoms with E-state index in [0.717, 1.165) is 16.7 Å². The van der Waals surface area contributed by atoms with Crippen molar-refractivity contribution in [3.63, 3.8) is 0 Å². The highest BCUT2D eigenvalue weighted by molar-refractivity contribution is 5.40. The van der Waals surface area contributed by atoms with Gasteiger partial charge in [-0.1, -0.05) is 0 Å². The first-order valence-corrected chi connectivity index (χ1v) is 4.13. The number of alkyl halides is 3. The monoisotopic (exact) mass is 204 g/mol. The summed E-state index contributed by atoms with van der Waals surface area (Å²) in [4.78, 5) is 0. The van der Waals surface area contributed by atoms with E-state index in [9.17, 15) is 13.2 Å². The predicted octanol–water partition coefficient (Wildman–Crippen LogP) is 3.51. The molecule has 0 radical (unpaired) electrons. The van der Waals surface area contributed by atoms with Crippen molar-refractivity contribution in [1.29, 1.82) is 0 Å². The van der Waals surface area contributed by atoms with Crippen LogP contribution in [0.4, 0.5) is 13.2 Å². The van der Waals surface area contributed by atoms with Crippen molar-refractivity contribution < 1.29 is 17.9 Å². The lowest BCUT2D eigenvalue weighted by Gasteiger charge is -2.12. The van der Waals surface area contributed by atoms with E-state index in [1.54, 1.807) is 13.8 Å². The van der Waals surface area contributed by atoms with E-state index in [-0.39, 0.29) is 5.75 Å². The van der Waals surface area contributed by atoms with Crippen LogP contribution in [-0.2, 0) is 0 Å². The molecule has 0 aromatic heterocycles. The Morgan fingerprint density at radius 2 is 1.43 bits per heavy atom. The van der Waals surface area contributed by atoms with Gasteiger partial charge in [0.05, 0.1) is 0 Å². The van der Waals surface area contributed by atoms with Gasteiger partial charge in [0.25, 0.3) is 0 Å². The molecule has 0 saturated heterocycles. The molecule has 0 spiro atoms. The third-order valence-electron chi connectivity index (χ3n) is 2.13. The fourth-order valence-electron chi connectivity index (χ4n) is 1.19. The highest BCUT2D eigenvalue weighted by atomic mass is 19.4. The van der Waals surface area contributed by atoms with E-state index in [0.29, 0.717) is 0 Å². The van der Waals surface area contributed by atoms with Crippen LogP contribution in [0.2, 0.25) is 0 Å². The number of halogens is 3. The summed E-state index contributed by atoms with van der Waals surface area (Å²) in [6.07, 6.45) is -4.62. The molecule has 1 aromatic rings. The highest BCUT2D eigenvalue weighted by Gasteiger charge is 2.31. The maximum absolute atomic E-state index is 11.9. The molecule has 1 nitrogen and oxygen atoms in total. The Morgan fingerprint density at radius 3 is 1.79 bits per heavy atom. The van der Waals surface area contributed by atoms with Gasteiger partial charge in [0, 0.05) is 0 Å². The van der Waals surface area contributed by atoms with Crippen LogP contribution in [0.5, 0.6) is 5.75 Å². The Hall–Kier alpha value is -1.19. The minimum Gasteiger partial charge on any atom is -0.406 e.